The first kappa shape index (κ1) is 12.2. The van der Waals surface area contributed by atoms with Gasteiger partial charge in [-0.15, -0.1) is 0 Å². The summed E-state index contributed by atoms with van der Waals surface area (Å²) in [5.41, 5.74) is 6.69. The molecule has 1 fully saturated rings. The topological polar surface area (TPSA) is 44.5 Å². The molecule has 0 saturated heterocycles. The molecule has 0 heterocycles. The first-order valence-corrected chi connectivity index (χ1v) is 6.42. The van der Waals surface area contributed by atoms with Crippen LogP contribution in [0.1, 0.15) is 31.7 Å². The van der Waals surface area contributed by atoms with Crippen LogP contribution in [-0.2, 0) is 6.54 Å². The molecule has 0 bridgehead atoms. The second-order valence-corrected chi connectivity index (χ2v) is 4.53. The van der Waals surface area contributed by atoms with E-state index in [2.05, 4.69) is 0 Å². The van der Waals surface area contributed by atoms with Crippen LogP contribution < -0.4 is 15.2 Å². The lowest BCUT2D eigenvalue weighted by atomic mass is 9.86. The molecule has 1 saturated carbocycles. The number of ether oxygens (including phenoxy) is 2. The third kappa shape index (κ3) is 3.13. The van der Waals surface area contributed by atoms with Crippen molar-refractivity contribution in [3.63, 3.8) is 0 Å². The van der Waals surface area contributed by atoms with E-state index in [0.29, 0.717) is 13.2 Å². The van der Waals surface area contributed by atoms with Crippen LogP contribution in [-0.4, -0.2) is 13.2 Å². The molecule has 0 unspecified atom stereocenters. The Balaban J connectivity index is 2.02. The minimum absolute atomic E-state index is 0.531. The van der Waals surface area contributed by atoms with E-state index in [1.807, 2.05) is 25.1 Å². The molecule has 0 aromatic heterocycles. The smallest absolute Gasteiger partial charge is 0.161 e. The monoisotopic (exact) mass is 235 g/mol. The molecule has 0 aliphatic heterocycles. The second-order valence-electron chi connectivity index (χ2n) is 4.53. The van der Waals surface area contributed by atoms with Crippen molar-refractivity contribution in [1.82, 2.24) is 0 Å². The van der Waals surface area contributed by atoms with Crippen LogP contribution in [0.3, 0.4) is 0 Å². The lowest BCUT2D eigenvalue weighted by Gasteiger charge is -2.25. The third-order valence-electron chi connectivity index (χ3n) is 3.24. The van der Waals surface area contributed by atoms with Crippen LogP contribution in [0.5, 0.6) is 11.5 Å². The van der Waals surface area contributed by atoms with Gasteiger partial charge in [-0.3, -0.25) is 0 Å². The van der Waals surface area contributed by atoms with Crippen molar-refractivity contribution in [2.75, 3.05) is 13.2 Å². The van der Waals surface area contributed by atoms with Crippen molar-refractivity contribution in [3.8, 4) is 11.5 Å². The van der Waals surface area contributed by atoms with Gasteiger partial charge in [0.1, 0.15) is 0 Å². The molecular formula is C14H21NO2. The van der Waals surface area contributed by atoms with Crippen LogP contribution in [0, 0.1) is 5.92 Å². The number of nitrogens with two attached hydrogens (primary N) is 1. The normalized spacial score (nSPS) is 15.4. The van der Waals surface area contributed by atoms with Gasteiger partial charge in [-0.05, 0) is 43.4 Å². The quantitative estimate of drug-likeness (QED) is 0.824. The van der Waals surface area contributed by atoms with Gasteiger partial charge >= 0.3 is 0 Å². The fourth-order valence-electron chi connectivity index (χ4n) is 1.93. The highest BCUT2D eigenvalue weighted by Gasteiger charge is 2.18. The molecule has 2 N–H and O–H groups in total. The first-order chi connectivity index (χ1) is 8.33. The molecule has 17 heavy (non-hydrogen) atoms. The zero-order valence-corrected chi connectivity index (χ0v) is 10.4. The van der Waals surface area contributed by atoms with Crippen LogP contribution in [0.4, 0.5) is 0 Å². The molecule has 1 aromatic carbocycles. The van der Waals surface area contributed by atoms with Gasteiger partial charge in [0.2, 0.25) is 0 Å². The van der Waals surface area contributed by atoms with E-state index in [0.717, 1.165) is 29.6 Å². The van der Waals surface area contributed by atoms with E-state index < -0.39 is 0 Å². The summed E-state index contributed by atoms with van der Waals surface area (Å²) < 4.78 is 11.4. The molecule has 0 atom stereocenters. The van der Waals surface area contributed by atoms with Crippen molar-refractivity contribution in [3.05, 3.63) is 23.8 Å². The molecule has 1 aromatic rings. The molecule has 1 aliphatic carbocycles. The average Bonchev–Trinajstić information content (AvgIpc) is 2.29. The van der Waals surface area contributed by atoms with Crippen molar-refractivity contribution in [2.45, 2.75) is 32.7 Å². The molecule has 0 radical (unpaired) electrons. The first-order valence-electron chi connectivity index (χ1n) is 6.42. The van der Waals surface area contributed by atoms with Gasteiger partial charge in [0, 0.05) is 6.54 Å². The number of hydrogen-bond acceptors (Lipinski definition) is 3. The van der Waals surface area contributed by atoms with Crippen molar-refractivity contribution >= 4 is 0 Å². The van der Waals surface area contributed by atoms with Gasteiger partial charge in [0.15, 0.2) is 11.5 Å². The fourth-order valence-corrected chi connectivity index (χ4v) is 1.93. The van der Waals surface area contributed by atoms with Gasteiger partial charge in [-0.1, -0.05) is 12.5 Å². The summed E-state index contributed by atoms with van der Waals surface area (Å²) in [6, 6.07) is 5.93. The molecule has 2 rings (SSSR count). The van der Waals surface area contributed by atoms with Crippen LogP contribution in [0.2, 0.25) is 0 Å². The maximum atomic E-state index is 5.83. The van der Waals surface area contributed by atoms with E-state index in [1.165, 1.54) is 19.3 Å². The summed E-state index contributed by atoms with van der Waals surface area (Å²) in [6.07, 6.45) is 3.94. The van der Waals surface area contributed by atoms with E-state index >= 15 is 0 Å². The van der Waals surface area contributed by atoms with Gasteiger partial charge in [0.05, 0.1) is 13.2 Å². The Kier molecular flexibility index (Phi) is 4.26. The zero-order valence-electron chi connectivity index (χ0n) is 10.4. The predicted molar refractivity (Wildman–Crippen MR) is 68.3 cm³/mol. The van der Waals surface area contributed by atoms with Crippen LogP contribution >= 0.6 is 0 Å². The van der Waals surface area contributed by atoms with Gasteiger partial charge in [-0.2, -0.15) is 0 Å². The van der Waals surface area contributed by atoms with E-state index in [4.69, 9.17) is 15.2 Å². The average molecular weight is 235 g/mol. The van der Waals surface area contributed by atoms with Gasteiger partial charge in [0.25, 0.3) is 0 Å². The number of hydrogen-bond donors (Lipinski definition) is 1. The minimum atomic E-state index is 0.531. The molecule has 0 spiro atoms. The van der Waals surface area contributed by atoms with Crippen LogP contribution in [0.15, 0.2) is 18.2 Å². The lowest BCUT2D eigenvalue weighted by molar-refractivity contribution is 0.174. The van der Waals surface area contributed by atoms with Crippen molar-refractivity contribution in [1.29, 1.82) is 0 Å². The van der Waals surface area contributed by atoms with E-state index in [9.17, 15) is 0 Å². The summed E-state index contributed by atoms with van der Waals surface area (Å²) in [5.74, 6) is 2.39. The van der Waals surface area contributed by atoms with Gasteiger partial charge in [-0.25, -0.2) is 0 Å². The Hall–Kier alpha value is -1.22. The third-order valence-corrected chi connectivity index (χ3v) is 3.24. The van der Waals surface area contributed by atoms with Gasteiger partial charge < -0.3 is 15.2 Å². The summed E-state index contributed by atoms with van der Waals surface area (Å²) in [6.45, 7) is 3.96. The molecule has 3 heteroatoms. The highest BCUT2D eigenvalue weighted by Crippen LogP contribution is 2.31. The Morgan fingerprint density at radius 1 is 1.24 bits per heavy atom. The Morgan fingerprint density at radius 2 is 2.06 bits per heavy atom. The molecule has 1 aliphatic rings. The molecule has 0 amide bonds. The minimum Gasteiger partial charge on any atom is -0.490 e. The highest BCUT2D eigenvalue weighted by molar-refractivity contribution is 5.43. The SMILES string of the molecule is CCOc1cc(CN)ccc1OCC1CCC1. The number of rotatable bonds is 6. The van der Waals surface area contributed by atoms with Crippen molar-refractivity contribution < 1.29 is 9.47 Å². The Bertz CT molecular complexity index is 361. The number of benzene rings is 1. The zero-order chi connectivity index (χ0) is 12.1. The largest absolute Gasteiger partial charge is 0.490 e. The summed E-state index contributed by atoms with van der Waals surface area (Å²) >= 11 is 0. The fraction of sp³-hybridized carbons (Fsp3) is 0.571. The predicted octanol–water partition coefficient (Wildman–Crippen LogP) is 2.72. The molecule has 3 nitrogen and oxygen atoms in total. The molecular weight excluding hydrogens is 214 g/mol. The maximum absolute atomic E-state index is 5.83. The highest BCUT2D eigenvalue weighted by atomic mass is 16.5. The van der Waals surface area contributed by atoms with Crippen LogP contribution in [0.25, 0.3) is 0 Å². The Morgan fingerprint density at radius 3 is 2.65 bits per heavy atom. The maximum Gasteiger partial charge on any atom is 0.161 e. The van der Waals surface area contributed by atoms with E-state index in [-0.39, 0.29) is 0 Å². The molecule has 94 valence electrons. The summed E-state index contributed by atoms with van der Waals surface area (Å²) in [4.78, 5) is 0. The summed E-state index contributed by atoms with van der Waals surface area (Å²) in [5, 5.41) is 0. The lowest BCUT2D eigenvalue weighted by Crippen LogP contribution is -2.19. The summed E-state index contributed by atoms with van der Waals surface area (Å²) in [7, 11) is 0. The van der Waals surface area contributed by atoms with Crippen molar-refractivity contribution in [2.24, 2.45) is 11.7 Å². The second kappa shape index (κ2) is 5.92. The standard InChI is InChI=1S/C14H21NO2/c1-2-16-14-8-12(9-15)6-7-13(14)17-10-11-4-3-5-11/h6-8,11H,2-5,9-10,15H2,1H3. The van der Waals surface area contributed by atoms with E-state index in [1.54, 1.807) is 0 Å². The Labute approximate surface area is 103 Å².